The van der Waals surface area contributed by atoms with Gasteiger partial charge in [-0.3, -0.25) is 4.90 Å². The van der Waals surface area contributed by atoms with Crippen molar-refractivity contribution in [1.29, 1.82) is 0 Å². The Balaban J connectivity index is 1.56. The molecule has 1 saturated carbocycles. The van der Waals surface area contributed by atoms with Crippen LogP contribution in [-0.4, -0.2) is 112 Å². The maximum Gasteiger partial charge on any atom is 0.317 e. The zero-order chi connectivity index (χ0) is 22.3. The molecule has 1 aliphatic carbocycles. The summed E-state index contributed by atoms with van der Waals surface area (Å²) in [7, 11) is 3.79. The normalized spacial score (nSPS) is 28.1. The number of ether oxygens (including phenoxy) is 3. The van der Waals surface area contributed by atoms with Crippen molar-refractivity contribution < 1.29 is 19.0 Å². The van der Waals surface area contributed by atoms with Crippen LogP contribution in [0.25, 0.3) is 0 Å². The molecule has 3 atom stereocenters. The molecule has 2 saturated heterocycles. The van der Waals surface area contributed by atoms with Gasteiger partial charge < -0.3 is 29.3 Å². The summed E-state index contributed by atoms with van der Waals surface area (Å²) in [5.74, 6) is 0.139. The second-order valence-corrected chi connectivity index (χ2v) is 9.43. The first-order valence-electron chi connectivity index (χ1n) is 12.2. The number of nitrogens with one attached hydrogen (secondary N) is 1. The van der Waals surface area contributed by atoms with Crippen LogP contribution in [-0.2, 0) is 14.2 Å². The van der Waals surface area contributed by atoms with Crippen molar-refractivity contribution in [3.05, 3.63) is 0 Å². The summed E-state index contributed by atoms with van der Waals surface area (Å²) in [5.41, 5.74) is 0. The van der Waals surface area contributed by atoms with Crippen molar-refractivity contribution in [2.24, 2.45) is 5.92 Å². The Labute approximate surface area is 188 Å². The molecule has 2 heterocycles. The predicted molar refractivity (Wildman–Crippen MR) is 121 cm³/mol. The van der Waals surface area contributed by atoms with Gasteiger partial charge in [-0.05, 0) is 45.7 Å². The molecule has 1 spiro atoms. The van der Waals surface area contributed by atoms with Crippen LogP contribution in [0.4, 0.5) is 4.79 Å². The number of methoxy groups -OCH3 is 1. The third-order valence-electron chi connectivity index (χ3n) is 7.20. The Kier molecular flexibility index (Phi) is 9.40. The van der Waals surface area contributed by atoms with Gasteiger partial charge in [-0.2, -0.15) is 0 Å². The number of fused-ring (bicyclic) bond motifs is 1. The van der Waals surface area contributed by atoms with Crippen LogP contribution < -0.4 is 5.32 Å². The maximum atomic E-state index is 13.0. The van der Waals surface area contributed by atoms with E-state index in [4.69, 9.17) is 14.2 Å². The van der Waals surface area contributed by atoms with Gasteiger partial charge >= 0.3 is 6.03 Å². The van der Waals surface area contributed by atoms with E-state index in [1.807, 2.05) is 4.90 Å². The lowest BCUT2D eigenvalue weighted by molar-refractivity contribution is -0.201. The highest BCUT2D eigenvalue weighted by atomic mass is 16.7. The third-order valence-corrected chi connectivity index (χ3v) is 7.20. The standard InChI is InChI=1S/C23H44N4O4/c1-5-9-27-18-20(16-19-17-23(8-7-21(19)27)30-14-15-31-23)24-22(28)26(6-2)11-10-25(3)12-13-29-4/h19-21H,5-18H2,1-4H3,(H,24,28)/t19-,20+,21-/m1/s1. The smallest absolute Gasteiger partial charge is 0.317 e. The van der Waals surface area contributed by atoms with Gasteiger partial charge in [-0.1, -0.05) is 6.92 Å². The average Bonchev–Trinajstić information content (AvgIpc) is 3.20. The number of urea groups is 1. The molecular weight excluding hydrogens is 396 g/mol. The summed E-state index contributed by atoms with van der Waals surface area (Å²) in [6.07, 6.45) is 5.21. The second kappa shape index (κ2) is 11.8. The summed E-state index contributed by atoms with van der Waals surface area (Å²) < 4.78 is 17.2. The average molecular weight is 441 g/mol. The zero-order valence-electron chi connectivity index (χ0n) is 20.1. The number of likely N-dealkylation sites (N-methyl/N-ethyl adjacent to an activating group) is 2. The summed E-state index contributed by atoms with van der Waals surface area (Å²) in [6, 6.07) is 0.821. The van der Waals surface area contributed by atoms with Crippen LogP contribution in [0, 0.1) is 5.92 Å². The summed E-state index contributed by atoms with van der Waals surface area (Å²) in [5, 5.41) is 3.36. The fraction of sp³-hybridized carbons (Fsp3) is 0.957. The molecule has 3 aliphatic rings. The highest BCUT2D eigenvalue weighted by molar-refractivity contribution is 5.74. The van der Waals surface area contributed by atoms with Gasteiger partial charge in [0.1, 0.15) is 0 Å². The lowest BCUT2D eigenvalue weighted by atomic mass is 9.74. The maximum absolute atomic E-state index is 13.0. The van der Waals surface area contributed by atoms with Gasteiger partial charge in [0.15, 0.2) is 5.79 Å². The first-order valence-corrected chi connectivity index (χ1v) is 12.2. The van der Waals surface area contributed by atoms with E-state index in [-0.39, 0.29) is 17.9 Å². The number of likely N-dealkylation sites (tertiary alicyclic amines) is 1. The van der Waals surface area contributed by atoms with E-state index >= 15 is 0 Å². The van der Waals surface area contributed by atoms with Gasteiger partial charge in [0.25, 0.3) is 0 Å². The molecule has 180 valence electrons. The molecule has 3 fully saturated rings. The monoisotopic (exact) mass is 440 g/mol. The molecule has 31 heavy (non-hydrogen) atoms. The number of nitrogens with zero attached hydrogens (tertiary/aromatic N) is 3. The van der Waals surface area contributed by atoms with Crippen LogP contribution in [0.15, 0.2) is 0 Å². The van der Waals surface area contributed by atoms with Gasteiger partial charge in [0, 0.05) is 64.8 Å². The lowest BCUT2D eigenvalue weighted by Crippen LogP contribution is -2.60. The minimum Gasteiger partial charge on any atom is -0.383 e. The van der Waals surface area contributed by atoms with Crippen molar-refractivity contribution in [1.82, 2.24) is 20.0 Å². The molecule has 0 unspecified atom stereocenters. The number of hydrogen-bond donors (Lipinski definition) is 1. The van der Waals surface area contributed by atoms with E-state index in [0.29, 0.717) is 38.3 Å². The van der Waals surface area contributed by atoms with Crippen LogP contribution in [0.2, 0.25) is 0 Å². The van der Waals surface area contributed by atoms with Gasteiger partial charge in [-0.25, -0.2) is 4.79 Å². The number of hydrogen-bond acceptors (Lipinski definition) is 6. The lowest BCUT2D eigenvalue weighted by Gasteiger charge is -2.51. The van der Waals surface area contributed by atoms with Gasteiger partial charge in [0.05, 0.1) is 19.8 Å². The Morgan fingerprint density at radius 3 is 2.68 bits per heavy atom. The first kappa shape index (κ1) is 24.7. The van der Waals surface area contributed by atoms with Crippen molar-refractivity contribution in [3.8, 4) is 0 Å². The Morgan fingerprint density at radius 2 is 2.00 bits per heavy atom. The highest BCUT2D eigenvalue weighted by Gasteiger charge is 2.49. The van der Waals surface area contributed by atoms with Crippen LogP contribution in [0.3, 0.4) is 0 Å². The largest absolute Gasteiger partial charge is 0.383 e. The third kappa shape index (κ3) is 6.54. The number of carbonyl (C=O) groups is 1. The van der Waals surface area contributed by atoms with E-state index in [0.717, 1.165) is 64.8 Å². The van der Waals surface area contributed by atoms with E-state index in [1.165, 1.54) is 0 Å². The molecule has 0 radical (unpaired) electrons. The quantitative estimate of drug-likeness (QED) is 0.561. The van der Waals surface area contributed by atoms with Crippen molar-refractivity contribution in [3.63, 3.8) is 0 Å². The molecule has 3 rings (SSSR count). The minimum absolute atomic E-state index is 0.0569. The molecule has 8 heteroatoms. The van der Waals surface area contributed by atoms with E-state index < -0.39 is 0 Å². The van der Waals surface area contributed by atoms with E-state index in [1.54, 1.807) is 7.11 Å². The molecule has 2 amide bonds. The molecule has 0 aromatic carbocycles. The van der Waals surface area contributed by atoms with Gasteiger partial charge in [0.2, 0.25) is 0 Å². The molecule has 0 aromatic heterocycles. The van der Waals surface area contributed by atoms with Crippen LogP contribution in [0.1, 0.15) is 46.0 Å². The van der Waals surface area contributed by atoms with E-state index in [2.05, 4.69) is 36.0 Å². The SMILES string of the molecule is CCCN1C[C@@H](NC(=O)N(CC)CCN(C)CCOC)C[C@@H]2CC3(CC[C@H]21)OCCO3. The minimum atomic E-state index is -0.368. The summed E-state index contributed by atoms with van der Waals surface area (Å²) in [4.78, 5) is 19.8. The molecular formula is C23H44N4O4. The molecule has 2 aliphatic heterocycles. The number of carbonyl (C=O) groups excluding carboxylic acids is 1. The summed E-state index contributed by atoms with van der Waals surface area (Å²) >= 11 is 0. The van der Waals surface area contributed by atoms with Crippen LogP contribution >= 0.6 is 0 Å². The second-order valence-electron chi connectivity index (χ2n) is 9.43. The van der Waals surface area contributed by atoms with Crippen LogP contribution in [0.5, 0.6) is 0 Å². The summed E-state index contributed by atoms with van der Waals surface area (Å²) in [6.45, 7) is 11.6. The van der Waals surface area contributed by atoms with Gasteiger partial charge in [-0.15, -0.1) is 0 Å². The Morgan fingerprint density at radius 1 is 1.23 bits per heavy atom. The Hall–Kier alpha value is -0.930. The predicted octanol–water partition coefficient (Wildman–Crippen LogP) is 1.99. The first-order chi connectivity index (χ1) is 15.0. The fourth-order valence-electron chi connectivity index (χ4n) is 5.55. The molecule has 1 N–H and O–H groups in total. The van der Waals surface area contributed by atoms with E-state index in [9.17, 15) is 4.79 Å². The Bertz CT molecular complexity index is 558. The van der Waals surface area contributed by atoms with Crippen molar-refractivity contribution in [2.75, 3.05) is 73.2 Å². The van der Waals surface area contributed by atoms with Crippen molar-refractivity contribution >= 4 is 6.03 Å². The highest BCUT2D eigenvalue weighted by Crippen LogP contribution is 2.44. The molecule has 8 nitrogen and oxygen atoms in total. The number of piperidine rings is 1. The molecule has 0 aromatic rings. The topological polar surface area (TPSA) is 66.5 Å². The van der Waals surface area contributed by atoms with Crippen molar-refractivity contribution in [2.45, 2.75) is 63.8 Å². The fourth-order valence-corrected chi connectivity index (χ4v) is 5.55. The molecule has 0 bridgehead atoms. The zero-order valence-corrected chi connectivity index (χ0v) is 20.1. The number of amides is 2. The number of rotatable bonds is 10.